The molecule has 24 heavy (non-hydrogen) atoms. The van der Waals surface area contributed by atoms with Crippen LogP contribution in [-0.2, 0) is 6.54 Å². The highest BCUT2D eigenvalue weighted by Gasteiger charge is 2.05. The molecule has 0 unspecified atom stereocenters. The van der Waals surface area contributed by atoms with E-state index in [-0.39, 0.29) is 0 Å². The van der Waals surface area contributed by atoms with Gasteiger partial charge >= 0.3 is 0 Å². The van der Waals surface area contributed by atoms with E-state index in [1.54, 1.807) is 14.2 Å². The van der Waals surface area contributed by atoms with Crippen LogP contribution in [0.4, 0.5) is 5.69 Å². The first-order valence-electron chi connectivity index (χ1n) is 7.55. The van der Waals surface area contributed by atoms with Crippen LogP contribution in [-0.4, -0.2) is 25.2 Å². The van der Waals surface area contributed by atoms with Crippen molar-refractivity contribution in [2.24, 2.45) is 10.7 Å². The Kier molecular flexibility index (Phi) is 4.56. The van der Waals surface area contributed by atoms with Gasteiger partial charge in [-0.3, -0.25) is 0 Å². The summed E-state index contributed by atoms with van der Waals surface area (Å²) in [5.74, 6) is 1.63. The number of para-hydroxylation sites is 1. The van der Waals surface area contributed by atoms with Crippen molar-refractivity contribution >= 4 is 22.5 Å². The van der Waals surface area contributed by atoms with Gasteiger partial charge in [-0.15, -0.1) is 0 Å². The molecule has 3 rings (SSSR count). The number of benzene rings is 2. The molecule has 0 spiro atoms. The number of fused-ring (bicyclic) bond motifs is 1. The molecule has 1 heterocycles. The molecule has 0 saturated carbocycles. The molecule has 3 aromatic rings. The maximum absolute atomic E-state index is 5.96. The minimum absolute atomic E-state index is 0.334. The normalized spacial score (nSPS) is 11.5. The second kappa shape index (κ2) is 6.95. The summed E-state index contributed by atoms with van der Waals surface area (Å²) >= 11 is 0. The average Bonchev–Trinajstić information content (AvgIpc) is 3.03. The maximum atomic E-state index is 5.96. The molecule has 124 valence electrons. The van der Waals surface area contributed by atoms with Gasteiger partial charge in [0.2, 0.25) is 0 Å². The van der Waals surface area contributed by atoms with E-state index in [0.717, 1.165) is 22.3 Å². The third-order valence-corrected chi connectivity index (χ3v) is 3.66. The van der Waals surface area contributed by atoms with Crippen molar-refractivity contribution in [3.8, 4) is 11.5 Å². The summed E-state index contributed by atoms with van der Waals surface area (Å²) in [6.07, 6.45) is 0. The quantitative estimate of drug-likeness (QED) is 0.497. The third kappa shape index (κ3) is 3.43. The molecule has 1 aromatic heterocycles. The zero-order chi connectivity index (χ0) is 16.9. The molecule has 0 atom stereocenters. The number of aromatic nitrogens is 1. The van der Waals surface area contributed by atoms with Crippen LogP contribution in [0.2, 0.25) is 0 Å². The van der Waals surface area contributed by atoms with E-state index in [2.05, 4.69) is 27.4 Å². The number of ether oxygens (including phenoxy) is 2. The summed E-state index contributed by atoms with van der Waals surface area (Å²) in [5.41, 5.74) is 8.85. The lowest BCUT2D eigenvalue weighted by Crippen LogP contribution is -2.22. The molecule has 0 radical (unpaired) electrons. The van der Waals surface area contributed by atoms with E-state index in [9.17, 15) is 0 Å². The standard InChI is InChI=1S/C18H20N4O2/c1-23-16-8-7-13(10-17(16)24-2)22-18(19)20-11-14-9-12-5-3-4-6-15(12)21-14/h3-10,21H,11H2,1-2H3,(H3,19,20,22). The minimum atomic E-state index is 0.334. The number of nitrogens with one attached hydrogen (secondary N) is 2. The van der Waals surface area contributed by atoms with Gasteiger partial charge in [-0.25, -0.2) is 4.99 Å². The number of aromatic amines is 1. The monoisotopic (exact) mass is 324 g/mol. The molecule has 6 heteroatoms. The van der Waals surface area contributed by atoms with Crippen LogP contribution in [0.25, 0.3) is 10.9 Å². The molecule has 4 N–H and O–H groups in total. The van der Waals surface area contributed by atoms with Crippen LogP contribution in [0.5, 0.6) is 11.5 Å². The summed E-state index contributed by atoms with van der Waals surface area (Å²) in [7, 11) is 3.19. The van der Waals surface area contributed by atoms with Gasteiger partial charge in [0.25, 0.3) is 0 Å². The van der Waals surface area contributed by atoms with Crippen molar-refractivity contribution in [1.82, 2.24) is 4.98 Å². The molecule has 0 saturated heterocycles. The number of aliphatic imine (C=N–C) groups is 1. The second-order valence-corrected chi connectivity index (χ2v) is 5.28. The van der Waals surface area contributed by atoms with Crippen molar-refractivity contribution in [3.63, 3.8) is 0 Å². The van der Waals surface area contributed by atoms with E-state index in [0.29, 0.717) is 24.0 Å². The minimum Gasteiger partial charge on any atom is -0.493 e. The summed E-state index contributed by atoms with van der Waals surface area (Å²) in [6.45, 7) is 0.473. The Morgan fingerprint density at radius 3 is 2.62 bits per heavy atom. The van der Waals surface area contributed by atoms with Crippen LogP contribution in [0, 0.1) is 0 Å². The third-order valence-electron chi connectivity index (χ3n) is 3.66. The molecule has 2 aromatic carbocycles. The molecule has 0 amide bonds. The van der Waals surface area contributed by atoms with Gasteiger partial charge in [0, 0.05) is 23.0 Å². The van der Waals surface area contributed by atoms with Crippen molar-refractivity contribution in [1.29, 1.82) is 0 Å². The fraction of sp³-hybridized carbons (Fsp3) is 0.167. The van der Waals surface area contributed by atoms with Crippen molar-refractivity contribution in [2.45, 2.75) is 6.54 Å². The van der Waals surface area contributed by atoms with Crippen molar-refractivity contribution in [3.05, 3.63) is 54.2 Å². The van der Waals surface area contributed by atoms with Crippen LogP contribution >= 0.6 is 0 Å². The molecular weight excluding hydrogens is 304 g/mol. The number of nitrogens with two attached hydrogens (primary N) is 1. The molecule has 0 bridgehead atoms. The first kappa shape index (κ1) is 15.7. The summed E-state index contributed by atoms with van der Waals surface area (Å²) in [5, 5.41) is 4.21. The second-order valence-electron chi connectivity index (χ2n) is 5.28. The van der Waals surface area contributed by atoms with Crippen LogP contribution < -0.4 is 20.5 Å². The largest absolute Gasteiger partial charge is 0.493 e. The lowest BCUT2D eigenvalue weighted by atomic mass is 10.2. The van der Waals surface area contributed by atoms with E-state index < -0.39 is 0 Å². The number of nitrogens with zero attached hydrogens (tertiary/aromatic N) is 1. The molecule has 6 nitrogen and oxygen atoms in total. The van der Waals surface area contributed by atoms with E-state index in [1.807, 2.05) is 36.4 Å². The van der Waals surface area contributed by atoms with E-state index in [4.69, 9.17) is 15.2 Å². The Hall–Kier alpha value is -3.15. The highest BCUT2D eigenvalue weighted by molar-refractivity contribution is 5.92. The lowest BCUT2D eigenvalue weighted by molar-refractivity contribution is 0.355. The number of methoxy groups -OCH3 is 2. The number of H-pyrrole nitrogens is 1. The summed E-state index contributed by atoms with van der Waals surface area (Å²) in [4.78, 5) is 7.68. The zero-order valence-electron chi connectivity index (χ0n) is 13.7. The fourth-order valence-corrected chi connectivity index (χ4v) is 2.49. The maximum Gasteiger partial charge on any atom is 0.193 e. The lowest BCUT2D eigenvalue weighted by Gasteiger charge is -2.10. The van der Waals surface area contributed by atoms with E-state index in [1.165, 1.54) is 0 Å². The molecule has 0 aliphatic rings. The average molecular weight is 324 g/mol. The first-order chi connectivity index (χ1) is 11.7. The van der Waals surface area contributed by atoms with Gasteiger partial charge < -0.3 is 25.5 Å². The predicted octanol–water partition coefficient (Wildman–Crippen LogP) is 3.11. The molecule has 0 fully saturated rings. The Morgan fingerprint density at radius 1 is 1.08 bits per heavy atom. The Morgan fingerprint density at radius 2 is 1.88 bits per heavy atom. The molecule has 0 aliphatic heterocycles. The van der Waals surface area contributed by atoms with Gasteiger partial charge in [0.1, 0.15) is 0 Å². The van der Waals surface area contributed by atoms with Crippen LogP contribution in [0.1, 0.15) is 5.69 Å². The predicted molar refractivity (Wildman–Crippen MR) is 96.8 cm³/mol. The number of anilines is 1. The SMILES string of the molecule is COc1ccc(NC(N)=NCc2cc3ccccc3[nH]2)cc1OC. The molecule has 0 aliphatic carbocycles. The highest BCUT2D eigenvalue weighted by Crippen LogP contribution is 2.29. The number of hydrogen-bond donors (Lipinski definition) is 3. The summed E-state index contributed by atoms with van der Waals surface area (Å²) in [6, 6.07) is 15.7. The number of rotatable bonds is 5. The van der Waals surface area contributed by atoms with Crippen molar-refractivity contribution < 1.29 is 9.47 Å². The smallest absolute Gasteiger partial charge is 0.193 e. The van der Waals surface area contributed by atoms with Crippen LogP contribution in [0.3, 0.4) is 0 Å². The Labute approximate surface area is 140 Å². The Balaban J connectivity index is 1.69. The van der Waals surface area contributed by atoms with Gasteiger partial charge in [-0.2, -0.15) is 0 Å². The van der Waals surface area contributed by atoms with Crippen molar-refractivity contribution in [2.75, 3.05) is 19.5 Å². The first-order valence-corrected chi connectivity index (χ1v) is 7.55. The van der Waals surface area contributed by atoms with Gasteiger partial charge in [-0.05, 0) is 29.7 Å². The van der Waals surface area contributed by atoms with E-state index >= 15 is 0 Å². The van der Waals surface area contributed by atoms with Gasteiger partial charge in [0.15, 0.2) is 17.5 Å². The Bertz CT molecular complexity index is 837. The topological polar surface area (TPSA) is 84.7 Å². The van der Waals surface area contributed by atoms with Crippen LogP contribution in [0.15, 0.2) is 53.5 Å². The zero-order valence-corrected chi connectivity index (χ0v) is 13.7. The van der Waals surface area contributed by atoms with Gasteiger partial charge in [-0.1, -0.05) is 18.2 Å². The van der Waals surface area contributed by atoms with Gasteiger partial charge in [0.05, 0.1) is 20.8 Å². The molecular formula is C18H20N4O2. The summed E-state index contributed by atoms with van der Waals surface area (Å²) < 4.78 is 10.5. The fourth-order valence-electron chi connectivity index (χ4n) is 2.49. The highest BCUT2D eigenvalue weighted by atomic mass is 16.5. The number of guanidine groups is 1. The number of hydrogen-bond acceptors (Lipinski definition) is 3.